The molecule has 4 heteroatoms. The minimum absolute atomic E-state index is 0.0262. The summed E-state index contributed by atoms with van der Waals surface area (Å²) in [4.78, 5) is 0. The van der Waals surface area contributed by atoms with E-state index in [1.165, 1.54) is 0 Å². The predicted octanol–water partition coefficient (Wildman–Crippen LogP) is 2.29. The summed E-state index contributed by atoms with van der Waals surface area (Å²) in [7, 11) is 3.33. The fourth-order valence-electron chi connectivity index (χ4n) is 2.37. The summed E-state index contributed by atoms with van der Waals surface area (Å²) in [5.74, 6) is 0.846. The molecule has 0 spiro atoms. The molecule has 2 aromatic carbocycles. The van der Waals surface area contributed by atoms with Crippen molar-refractivity contribution in [2.24, 2.45) is 0 Å². The Bertz CT molecular complexity index is 600. The van der Waals surface area contributed by atoms with Gasteiger partial charge in [-0.25, -0.2) is 0 Å². The van der Waals surface area contributed by atoms with Gasteiger partial charge < -0.3 is 19.9 Å². The van der Waals surface area contributed by atoms with E-state index in [9.17, 15) is 5.11 Å². The number of benzene rings is 2. The molecular formula is C17H23NO3. The molecule has 4 nitrogen and oxygen atoms in total. The highest BCUT2D eigenvalue weighted by Gasteiger charge is 2.25. The first-order valence-corrected chi connectivity index (χ1v) is 7.06. The summed E-state index contributed by atoms with van der Waals surface area (Å²) in [5, 5.41) is 15.4. The quantitative estimate of drug-likeness (QED) is 0.768. The van der Waals surface area contributed by atoms with Crippen molar-refractivity contribution >= 4 is 10.8 Å². The molecule has 0 amide bonds. The Balaban J connectivity index is 2.31. The van der Waals surface area contributed by atoms with E-state index in [0.717, 1.165) is 22.1 Å². The maximum Gasteiger partial charge on any atom is 0.119 e. The average molecular weight is 289 g/mol. The SMILES string of the molecule is COCCNC(C)(CO)c1ccc2cc(OC)ccc2c1. The third-order valence-electron chi connectivity index (χ3n) is 3.82. The van der Waals surface area contributed by atoms with Crippen LogP contribution in [-0.2, 0) is 10.3 Å². The first kappa shape index (κ1) is 15.8. The van der Waals surface area contributed by atoms with Crippen LogP contribution in [0.1, 0.15) is 12.5 Å². The van der Waals surface area contributed by atoms with Crippen LogP contribution in [0.4, 0.5) is 0 Å². The largest absolute Gasteiger partial charge is 0.497 e. The van der Waals surface area contributed by atoms with E-state index >= 15 is 0 Å². The zero-order valence-electron chi connectivity index (χ0n) is 12.8. The van der Waals surface area contributed by atoms with Gasteiger partial charge in [0.15, 0.2) is 0 Å². The fourth-order valence-corrected chi connectivity index (χ4v) is 2.37. The average Bonchev–Trinajstić information content (AvgIpc) is 2.53. The Labute approximate surface area is 125 Å². The van der Waals surface area contributed by atoms with E-state index in [4.69, 9.17) is 9.47 Å². The summed E-state index contributed by atoms with van der Waals surface area (Å²) < 4.78 is 10.3. The van der Waals surface area contributed by atoms with Gasteiger partial charge in [-0.2, -0.15) is 0 Å². The van der Waals surface area contributed by atoms with Crippen LogP contribution in [-0.4, -0.2) is 39.1 Å². The third kappa shape index (κ3) is 3.53. The highest BCUT2D eigenvalue weighted by Crippen LogP contribution is 2.27. The van der Waals surface area contributed by atoms with Gasteiger partial charge in [0.1, 0.15) is 5.75 Å². The normalized spacial score (nSPS) is 14.1. The molecule has 0 aliphatic heterocycles. The maximum absolute atomic E-state index is 9.77. The first-order chi connectivity index (χ1) is 10.1. The summed E-state index contributed by atoms with van der Waals surface area (Å²) in [6.07, 6.45) is 0. The molecule has 0 saturated carbocycles. The second-order valence-electron chi connectivity index (χ2n) is 5.34. The highest BCUT2D eigenvalue weighted by atomic mass is 16.5. The van der Waals surface area contributed by atoms with E-state index in [0.29, 0.717) is 13.2 Å². The number of ether oxygens (including phenoxy) is 2. The summed E-state index contributed by atoms with van der Waals surface area (Å²) in [5.41, 5.74) is 0.575. The molecule has 2 aromatic rings. The molecule has 0 aromatic heterocycles. The number of rotatable bonds is 7. The van der Waals surface area contributed by atoms with Gasteiger partial charge in [0.25, 0.3) is 0 Å². The van der Waals surface area contributed by atoms with E-state index in [-0.39, 0.29) is 6.61 Å². The molecule has 0 aliphatic rings. The van der Waals surface area contributed by atoms with Crippen LogP contribution < -0.4 is 10.1 Å². The van der Waals surface area contributed by atoms with Crippen molar-refractivity contribution in [2.75, 3.05) is 34.0 Å². The maximum atomic E-state index is 9.77. The summed E-state index contributed by atoms with van der Waals surface area (Å²) in [6.45, 7) is 3.32. The Kier molecular flexibility index (Phi) is 5.17. The van der Waals surface area contributed by atoms with E-state index in [1.54, 1.807) is 14.2 Å². The highest BCUT2D eigenvalue weighted by molar-refractivity contribution is 5.84. The molecule has 0 bridgehead atoms. The predicted molar refractivity (Wildman–Crippen MR) is 84.8 cm³/mol. The van der Waals surface area contributed by atoms with Gasteiger partial charge in [0.2, 0.25) is 0 Å². The van der Waals surface area contributed by atoms with Crippen LogP contribution in [0.15, 0.2) is 36.4 Å². The van der Waals surface area contributed by atoms with Gasteiger partial charge in [-0.1, -0.05) is 18.2 Å². The Morgan fingerprint density at radius 2 is 1.81 bits per heavy atom. The number of hydrogen-bond acceptors (Lipinski definition) is 4. The monoisotopic (exact) mass is 289 g/mol. The zero-order chi connectivity index (χ0) is 15.3. The van der Waals surface area contributed by atoms with Crippen LogP contribution in [0.5, 0.6) is 5.75 Å². The Morgan fingerprint density at radius 1 is 1.10 bits per heavy atom. The second-order valence-corrected chi connectivity index (χ2v) is 5.34. The van der Waals surface area contributed by atoms with Crippen LogP contribution >= 0.6 is 0 Å². The van der Waals surface area contributed by atoms with E-state index < -0.39 is 5.54 Å². The summed E-state index contributed by atoms with van der Waals surface area (Å²) in [6, 6.07) is 12.2. The van der Waals surface area contributed by atoms with Gasteiger partial charge in [0.05, 0.1) is 25.9 Å². The Morgan fingerprint density at radius 3 is 2.48 bits per heavy atom. The fraction of sp³-hybridized carbons (Fsp3) is 0.412. The molecule has 1 unspecified atom stereocenters. The van der Waals surface area contributed by atoms with Crippen molar-refractivity contribution < 1.29 is 14.6 Å². The molecule has 114 valence electrons. The van der Waals surface area contributed by atoms with E-state index in [2.05, 4.69) is 17.4 Å². The van der Waals surface area contributed by atoms with Gasteiger partial charge in [0, 0.05) is 13.7 Å². The standard InChI is InChI=1S/C17H23NO3/c1-17(12-19,18-8-9-20-2)15-6-4-14-11-16(21-3)7-5-13(14)10-15/h4-7,10-11,18-19H,8-9,12H2,1-3H3. The van der Waals surface area contributed by atoms with Crippen LogP contribution in [0.25, 0.3) is 10.8 Å². The van der Waals surface area contributed by atoms with Gasteiger partial charge in [-0.15, -0.1) is 0 Å². The van der Waals surface area contributed by atoms with Gasteiger partial charge in [-0.05, 0) is 41.5 Å². The van der Waals surface area contributed by atoms with Crippen molar-refractivity contribution in [3.8, 4) is 5.75 Å². The number of nitrogens with one attached hydrogen (secondary N) is 1. The van der Waals surface area contributed by atoms with Gasteiger partial charge >= 0.3 is 0 Å². The lowest BCUT2D eigenvalue weighted by atomic mass is 9.91. The summed E-state index contributed by atoms with van der Waals surface area (Å²) >= 11 is 0. The van der Waals surface area contributed by atoms with Crippen molar-refractivity contribution in [3.05, 3.63) is 42.0 Å². The van der Waals surface area contributed by atoms with Crippen molar-refractivity contribution in [3.63, 3.8) is 0 Å². The molecule has 2 N–H and O–H groups in total. The lowest BCUT2D eigenvalue weighted by Gasteiger charge is -2.29. The lowest BCUT2D eigenvalue weighted by molar-refractivity contribution is 0.148. The Hall–Kier alpha value is -1.62. The minimum Gasteiger partial charge on any atom is -0.497 e. The molecule has 0 heterocycles. The number of fused-ring (bicyclic) bond motifs is 1. The molecule has 1 atom stereocenters. The number of aliphatic hydroxyl groups excluding tert-OH is 1. The number of hydrogen-bond donors (Lipinski definition) is 2. The van der Waals surface area contributed by atoms with Crippen molar-refractivity contribution in [2.45, 2.75) is 12.5 Å². The number of aliphatic hydroxyl groups is 1. The molecule has 0 fully saturated rings. The zero-order valence-corrected chi connectivity index (χ0v) is 12.8. The second kappa shape index (κ2) is 6.89. The van der Waals surface area contributed by atoms with Crippen molar-refractivity contribution in [1.82, 2.24) is 5.32 Å². The minimum atomic E-state index is -0.480. The molecule has 0 saturated heterocycles. The van der Waals surface area contributed by atoms with Crippen LogP contribution in [0, 0.1) is 0 Å². The topological polar surface area (TPSA) is 50.7 Å². The molecule has 0 radical (unpaired) electrons. The number of methoxy groups -OCH3 is 2. The van der Waals surface area contributed by atoms with Crippen LogP contribution in [0.3, 0.4) is 0 Å². The van der Waals surface area contributed by atoms with Crippen LogP contribution in [0.2, 0.25) is 0 Å². The van der Waals surface area contributed by atoms with Gasteiger partial charge in [-0.3, -0.25) is 0 Å². The first-order valence-electron chi connectivity index (χ1n) is 7.06. The third-order valence-corrected chi connectivity index (χ3v) is 3.82. The molecule has 21 heavy (non-hydrogen) atoms. The van der Waals surface area contributed by atoms with E-state index in [1.807, 2.05) is 31.2 Å². The van der Waals surface area contributed by atoms with Crippen molar-refractivity contribution in [1.29, 1.82) is 0 Å². The molecule has 0 aliphatic carbocycles. The lowest BCUT2D eigenvalue weighted by Crippen LogP contribution is -2.44. The molecule has 2 rings (SSSR count). The smallest absolute Gasteiger partial charge is 0.119 e. The molecular weight excluding hydrogens is 266 g/mol.